The molecule has 23 heavy (non-hydrogen) atoms. The Morgan fingerprint density at radius 1 is 1.35 bits per heavy atom. The molecule has 2 heterocycles. The van der Waals surface area contributed by atoms with Crippen LogP contribution in [0.15, 0.2) is 47.9 Å². The number of aromatic nitrogens is 4. The summed E-state index contributed by atoms with van der Waals surface area (Å²) < 4.78 is 6.93. The number of rotatable bonds is 6. The maximum absolute atomic E-state index is 12.0. The Hall–Kier alpha value is -2.61. The van der Waals surface area contributed by atoms with Crippen LogP contribution in [0, 0.1) is 0 Å². The Kier molecular flexibility index (Phi) is 4.72. The SMILES string of the molecule is CCOc1ccc(NC(=O)CSc2nc3ncccn3n2)cc1. The minimum absolute atomic E-state index is 0.119. The lowest BCUT2D eigenvalue weighted by atomic mass is 10.3. The van der Waals surface area contributed by atoms with Crippen LogP contribution in [-0.2, 0) is 4.79 Å². The molecule has 3 rings (SSSR count). The normalized spacial score (nSPS) is 10.7. The van der Waals surface area contributed by atoms with Gasteiger partial charge in [-0.3, -0.25) is 4.79 Å². The predicted molar refractivity (Wildman–Crippen MR) is 87.7 cm³/mol. The van der Waals surface area contributed by atoms with Gasteiger partial charge in [0.15, 0.2) is 0 Å². The average molecular weight is 329 g/mol. The number of carbonyl (C=O) groups is 1. The molecule has 0 spiro atoms. The lowest BCUT2D eigenvalue weighted by Crippen LogP contribution is -2.14. The lowest BCUT2D eigenvalue weighted by molar-refractivity contribution is -0.113. The molecular formula is C15H15N5O2S. The summed E-state index contributed by atoms with van der Waals surface area (Å²) in [6.45, 7) is 2.54. The smallest absolute Gasteiger partial charge is 0.253 e. The molecule has 1 N–H and O–H groups in total. The summed E-state index contributed by atoms with van der Waals surface area (Å²) >= 11 is 1.27. The van der Waals surface area contributed by atoms with E-state index in [0.717, 1.165) is 11.4 Å². The highest BCUT2D eigenvalue weighted by molar-refractivity contribution is 7.99. The van der Waals surface area contributed by atoms with E-state index in [1.165, 1.54) is 11.8 Å². The summed E-state index contributed by atoms with van der Waals surface area (Å²) in [7, 11) is 0. The van der Waals surface area contributed by atoms with Crippen LogP contribution in [0.2, 0.25) is 0 Å². The van der Waals surface area contributed by atoms with Gasteiger partial charge in [-0.2, -0.15) is 4.98 Å². The van der Waals surface area contributed by atoms with E-state index in [9.17, 15) is 4.79 Å². The van der Waals surface area contributed by atoms with Gasteiger partial charge in [0.05, 0.1) is 12.4 Å². The van der Waals surface area contributed by atoms with Crippen LogP contribution in [0.1, 0.15) is 6.92 Å². The van der Waals surface area contributed by atoms with Gasteiger partial charge < -0.3 is 10.1 Å². The van der Waals surface area contributed by atoms with Gasteiger partial charge in [-0.25, -0.2) is 9.50 Å². The van der Waals surface area contributed by atoms with E-state index in [0.29, 0.717) is 17.5 Å². The molecule has 8 heteroatoms. The van der Waals surface area contributed by atoms with Crippen molar-refractivity contribution in [2.45, 2.75) is 12.1 Å². The van der Waals surface area contributed by atoms with Crippen LogP contribution in [-0.4, -0.2) is 37.8 Å². The zero-order valence-corrected chi connectivity index (χ0v) is 13.3. The van der Waals surface area contributed by atoms with Crippen LogP contribution < -0.4 is 10.1 Å². The van der Waals surface area contributed by atoms with Gasteiger partial charge in [-0.05, 0) is 37.3 Å². The molecule has 1 aromatic carbocycles. The first-order chi connectivity index (χ1) is 11.2. The van der Waals surface area contributed by atoms with Crippen molar-refractivity contribution in [3.05, 3.63) is 42.7 Å². The molecular weight excluding hydrogens is 314 g/mol. The van der Waals surface area contributed by atoms with Crippen molar-refractivity contribution in [3.63, 3.8) is 0 Å². The predicted octanol–water partition coefficient (Wildman–Crippen LogP) is 2.25. The van der Waals surface area contributed by atoms with Crippen molar-refractivity contribution in [2.24, 2.45) is 0 Å². The van der Waals surface area contributed by atoms with E-state index in [4.69, 9.17) is 4.74 Å². The van der Waals surface area contributed by atoms with Gasteiger partial charge in [0.2, 0.25) is 11.1 Å². The molecule has 0 fully saturated rings. The first-order valence-electron chi connectivity index (χ1n) is 7.07. The molecule has 2 aromatic heterocycles. The van der Waals surface area contributed by atoms with E-state index < -0.39 is 0 Å². The van der Waals surface area contributed by atoms with Crippen molar-refractivity contribution >= 4 is 29.1 Å². The molecule has 0 bridgehead atoms. The van der Waals surface area contributed by atoms with Crippen LogP contribution in [0.25, 0.3) is 5.78 Å². The maximum atomic E-state index is 12.0. The number of hydrogen-bond donors (Lipinski definition) is 1. The fourth-order valence-corrected chi connectivity index (χ4v) is 2.53. The Morgan fingerprint density at radius 2 is 2.17 bits per heavy atom. The van der Waals surface area contributed by atoms with E-state index in [1.54, 1.807) is 35.1 Å². The number of benzene rings is 1. The van der Waals surface area contributed by atoms with E-state index in [-0.39, 0.29) is 11.7 Å². The average Bonchev–Trinajstić information content (AvgIpc) is 2.98. The summed E-state index contributed by atoms with van der Waals surface area (Å²) in [5.74, 6) is 1.40. The quantitative estimate of drug-likeness (QED) is 0.699. The van der Waals surface area contributed by atoms with Crippen LogP contribution in [0.3, 0.4) is 0 Å². The lowest BCUT2D eigenvalue weighted by Gasteiger charge is -2.06. The summed E-state index contributed by atoms with van der Waals surface area (Å²) in [5, 5.41) is 7.57. The Morgan fingerprint density at radius 3 is 2.91 bits per heavy atom. The summed E-state index contributed by atoms with van der Waals surface area (Å²) in [6, 6.07) is 9.03. The third kappa shape index (κ3) is 3.98. The third-order valence-electron chi connectivity index (χ3n) is 2.88. The first kappa shape index (κ1) is 15.3. The number of amides is 1. The van der Waals surface area contributed by atoms with Gasteiger partial charge in [0.25, 0.3) is 5.78 Å². The molecule has 0 saturated heterocycles. The summed E-state index contributed by atoms with van der Waals surface area (Å²) in [6.07, 6.45) is 3.41. The fraction of sp³-hybridized carbons (Fsp3) is 0.200. The molecule has 0 aliphatic heterocycles. The highest BCUT2D eigenvalue weighted by atomic mass is 32.2. The van der Waals surface area contributed by atoms with Crippen LogP contribution in [0.5, 0.6) is 5.75 Å². The van der Waals surface area contributed by atoms with E-state index in [1.807, 2.05) is 19.1 Å². The van der Waals surface area contributed by atoms with Crippen LogP contribution in [0.4, 0.5) is 5.69 Å². The molecule has 7 nitrogen and oxygen atoms in total. The molecule has 0 atom stereocenters. The molecule has 3 aromatic rings. The Labute approximate surface area is 137 Å². The number of nitrogens with one attached hydrogen (secondary N) is 1. The number of ether oxygens (including phenoxy) is 1. The highest BCUT2D eigenvalue weighted by Crippen LogP contribution is 2.17. The first-order valence-corrected chi connectivity index (χ1v) is 8.06. The minimum atomic E-state index is -0.119. The van der Waals surface area contributed by atoms with E-state index >= 15 is 0 Å². The second-order valence-electron chi connectivity index (χ2n) is 4.55. The van der Waals surface area contributed by atoms with Crippen molar-refractivity contribution in [1.82, 2.24) is 19.6 Å². The van der Waals surface area contributed by atoms with Crippen molar-refractivity contribution in [2.75, 3.05) is 17.7 Å². The fourth-order valence-electron chi connectivity index (χ4n) is 1.90. The van der Waals surface area contributed by atoms with Gasteiger partial charge in [0, 0.05) is 18.1 Å². The van der Waals surface area contributed by atoms with Gasteiger partial charge in [-0.1, -0.05) is 11.8 Å². The summed E-state index contributed by atoms with van der Waals surface area (Å²) in [4.78, 5) is 20.3. The highest BCUT2D eigenvalue weighted by Gasteiger charge is 2.08. The molecule has 0 aliphatic rings. The number of thioether (sulfide) groups is 1. The third-order valence-corrected chi connectivity index (χ3v) is 3.72. The molecule has 0 aliphatic carbocycles. The Bertz CT molecular complexity index is 770. The van der Waals surface area contributed by atoms with Gasteiger partial charge >= 0.3 is 0 Å². The molecule has 1 amide bonds. The van der Waals surface area contributed by atoms with Crippen molar-refractivity contribution in [3.8, 4) is 5.75 Å². The number of hydrogen-bond acceptors (Lipinski definition) is 6. The minimum Gasteiger partial charge on any atom is -0.494 e. The summed E-state index contributed by atoms with van der Waals surface area (Å²) in [5.41, 5.74) is 0.726. The maximum Gasteiger partial charge on any atom is 0.253 e. The molecule has 118 valence electrons. The zero-order chi connectivity index (χ0) is 16.1. The van der Waals surface area contributed by atoms with Crippen molar-refractivity contribution < 1.29 is 9.53 Å². The number of anilines is 1. The van der Waals surface area contributed by atoms with Crippen molar-refractivity contribution in [1.29, 1.82) is 0 Å². The monoisotopic (exact) mass is 329 g/mol. The topological polar surface area (TPSA) is 81.4 Å². The van der Waals surface area contributed by atoms with Gasteiger partial charge in [-0.15, -0.1) is 5.10 Å². The Balaban J connectivity index is 1.54. The second kappa shape index (κ2) is 7.10. The van der Waals surface area contributed by atoms with Crippen LogP contribution >= 0.6 is 11.8 Å². The zero-order valence-electron chi connectivity index (χ0n) is 12.5. The molecule has 0 unspecified atom stereocenters. The largest absolute Gasteiger partial charge is 0.494 e. The number of carbonyl (C=O) groups excluding carboxylic acids is 1. The second-order valence-corrected chi connectivity index (χ2v) is 5.50. The van der Waals surface area contributed by atoms with E-state index in [2.05, 4.69) is 20.4 Å². The molecule has 0 saturated carbocycles. The molecule has 0 radical (unpaired) electrons. The number of nitrogens with zero attached hydrogens (tertiary/aromatic N) is 4. The number of fused-ring (bicyclic) bond motifs is 1. The standard InChI is InChI=1S/C15H15N5O2S/c1-2-22-12-6-4-11(5-7-12)17-13(21)10-23-15-18-14-16-8-3-9-20(14)19-15/h3-9H,2,10H2,1H3,(H,17,21). The van der Waals surface area contributed by atoms with Gasteiger partial charge in [0.1, 0.15) is 5.75 Å².